The van der Waals surface area contributed by atoms with Gasteiger partial charge in [0.2, 0.25) is 0 Å². The van der Waals surface area contributed by atoms with Crippen LogP contribution in [0, 0.1) is 13.8 Å². The third kappa shape index (κ3) is 10.5. The van der Waals surface area contributed by atoms with E-state index in [0.29, 0.717) is 0 Å². The number of hydrogen-bond donors (Lipinski definition) is 4. The van der Waals surface area contributed by atoms with E-state index >= 15 is 0 Å². The van der Waals surface area contributed by atoms with Gasteiger partial charge in [-0.15, -0.1) is 0 Å². The molecule has 0 aromatic heterocycles. The molecule has 2 radical (unpaired) electrons. The number of carbonyl (C=O) groups excluding carboxylic acids is 4. The van der Waals surface area contributed by atoms with E-state index in [1.165, 1.54) is 24.3 Å². The number of esters is 2. The largest absolute Gasteiger partial charge is 0.497 e. The van der Waals surface area contributed by atoms with Gasteiger partial charge in [-0.3, -0.25) is 9.59 Å². The topological polar surface area (TPSA) is 111 Å². The standard InChI is InChI=1S/C18H22N2O6S2.2Y/c1-3-25-17(23)13(9-27)19-15(21)11-6-5-7-12(8-11)16(22)20-14(10-28)18(24)26-4-2;;/h5-8,13-14,27-28H,1-4,9-10H2,(H,19,21)(H,20,22);;/q-2;;. The third-order valence-corrected chi connectivity index (χ3v) is 4.15. The first-order chi connectivity index (χ1) is 13.4. The average Bonchev–Trinajstić information content (AvgIpc) is 2.70. The summed E-state index contributed by atoms with van der Waals surface area (Å²) in [6.45, 7) is 6.65. The van der Waals surface area contributed by atoms with E-state index in [4.69, 9.17) is 9.47 Å². The van der Waals surface area contributed by atoms with Crippen LogP contribution in [0.2, 0.25) is 0 Å². The van der Waals surface area contributed by atoms with E-state index < -0.39 is 35.8 Å². The summed E-state index contributed by atoms with van der Waals surface area (Å²) in [7, 11) is 0. The smallest absolute Gasteiger partial charge is 0.326 e. The Labute approximate surface area is 237 Å². The molecule has 30 heavy (non-hydrogen) atoms. The molecule has 0 bridgehead atoms. The molecule has 12 heteroatoms. The van der Waals surface area contributed by atoms with Gasteiger partial charge in [0.1, 0.15) is 12.1 Å². The SMILES string of the molecule is [CH2-]COC(=O)C(CS)NC(=O)c1cccc(C(=O)NC(CS)C(=O)OC[CH2-])c1.[Y].[Y]. The summed E-state index contributed by atoms with van der Waals surface area (Å²) in [6.07, 6.45) is 0. The quantitative estimate of drug-likeness (QED) is 0.176. The van der Waals surface area contributed by atoms with Crippen LogP contribution in [0.15, 0.2) is 24.3 Å². The van der Waals surface area contributed by atoms with Crippen molar-refractivity contribution in [3.63, 3.8) is 0 Å². The van der Waals surface area contributed by atoms with Crippen molar-refractivity contribution < 1.29 is 94.1 Å². The predicted molar refractivity (Wildman–Crippen MR) is 109 cm³/mol. The maximum atomic E-state index is 12.4. The van der Waals surface area contributed by atoms with Crippen LogP contribution in [0.5, 0.6) is 0 Å². The Morgan fingerprint density at radius 3 is 1.50 bits per heavy atom. The van der Waals surface area contributed by atoms with Crippen LogP contribution in [0.1, 0.15) is 20.7 Å². The van der Waals surface area contributed by atoms with Gasteiger partial charge in [0.25, 0.3) is 11.8 Å². The third-order valence-electron chi connectivity index (χ3n) is 3.42. The molecule has 0 aliphatic carbocycles. The Balaban J connectivity index is 0. The van der Waals surface area contributed by atoms with Crippen molar-refractivity contribution in [2.24, 2.45) is 0 Å². The van der Waals surface area contributed by atoms with E-state index in [1.54, 1.807) is 0 Å². The summed E-state index contributed by atoms with van der Waals surface area (Å²) >= 11 is 8.03. The fraction of sp³-hybridized carbons (Fsp3) is 0.333. The van der Waals surface area contributed by atoms with Crippen LogP contribution < -0.4 is 10.6 Å². The van der Waals surface area contributed by atoms with Gasteiger partial charge in [-0.1, -0.05) is 6.07 Å². The summed E-state index contributed by atoms with van der Waals surface area (Å²) in [6, 6.07) is 3.86. The molecule has 8 nitrogen and oxygen atoms in total. The van der Waals surface area contributed by atoms with Crippen molar-refractivity contribution in [2.45, 2.75) is 12.1 Å². The molecule has 2 atom stereocenters. The predicted octanol–water partition coefficient (Wildman–Crippen LogP) is 0.493. The number of thiol groups is 2. The number of benzene rings is 1. The molecule has 0 aliphatic rings. The molecule has 2 N–H and O–H groups in total. The number of rotatable bonds is 10. The van der Waals surface area contributed by atoms with Crippen LogP contribution in [-0.4, -0.2) is 60.6 Å². The Bertz CT molecular complexity index is 668. The normalized spacial score (nSPS) is 11.6. The number of amides is 2. The zero-order chi connectivity index (χ0) is 21.1. The first kappa shape index (κ1) is 32.2. The number of carbonyl (C=O) groups is 4. The Kier molecular flexibility index (Phi) is 18.8. The minimum Gasteiger partial charge on any atom is -0.497 e. The van der Waals surface area contributed by atoms with Crippen LogP contribution in [0.4, 0.5) is 0 Å². The van der Waals surface area contributed by atoms with Gasteiger partial charge in [0.05, 0.1) is 0 Å². The van der Waals surface area contributed by atoms with Crippen LogP contribution in [0.3, 0.4) is 0 Å². The minimum atomic E-state index is -0.957. The first-order valence-electron chi connectivity index (χ1n) is 8.23. The van der Waals surface area contributed by atoms with E-state index in [1.807, 2.05) is 0 Å². The van der Waals surface area contributed by atoms with Crippen molar-refractivity contribution in [2.75, 3.05) is 24.7 Å². The summed E-state index contributed by atoms with van der Waals surface area (Å²) in [5.74, 6) is -2.43. The minimum absolute atomic E-state index is 0. The molecule has 1 aromatic rings. The maximum Gasteiger partial charge on any atom is 0.326 e. The van der Waals surface area contributed by atoms with Crippen molar-refractivity contribution in [3.8, 4) is 0 Å². The Morgan fingerprint density at radius 2 is 1.20 bits per heavy atom. The van der Waals surface area contributed by atoms with Gasteiger partial charge in [0.15, 0.2) is 0 Å². The molecule has 0 aliphatic heterocycles. The van der Waals surface area contributed by atoms with E-state index in [9.17, 15) is 19.2 Å². The van der Waals surface area contributed by atoms with Crippen molar-refractivity contribution in [1.29, 1.82) is 0 Å². The fourth-order valence-corrected chi connectivity index (χ4v) is 2.53. The summed E-state index contributed by atoms with van der Waals surface area (Å²) in [5.41, 5.74) is 0.286. The zero-order valence-corrected chi connectivity index (χ0v) is 23.7. The number of nitrogens with one attached hydrogen (secondary N) is 2. The fourth-order valence-electron chi connectivity index (χ4n) is 2.05. The van der Waals surface area contributed by atoms with Crippen molar-refractivity contribution in [1.82, 2.24) is 10.6 Å². The molecular formula is C18H22N2O6S2Y2-2. The van der Waals surface area contributed by atoms with Crippen molar-refractivity contribution in [3.05, 3.63) is 49.2 Å². The van der Waals surface area contributed by atoms with E-state index in [-0.39, 0.29) is 101 Å². The molecule has 160 valence electrons. The van der Waals surface area contributed by atoms with E-state index in [0.717, 1.165) is 0 Å². The van der Waals surface area contributed by atoms with Gasteiger partial charge in [-0.25, -0.2) is 9.59 Å². The maximum absolute atomic E-state index is 12.4. The molecule has 0 heterocycles. The van der Waals surface area contributed by atoms with Gasteiger partial charge in [-0.2, -0.15) is 25.3 Å². The van der Waals surface area contributed by atoms with Gasteiger partial charge < -0.3 is 34.0 Å². The second-order valence-corrected chi connectivity index (χ2v) is 6.06. The number of hydrogen-bond acceptors (Lipinski definition) is 8. The summed E-state index contributed by atoms with van der Waals surface area (Å²) in [5, 5.41) is 4.96. The molecule has 1 aromatic carbocycles. The van der Waals surface area contributed by atoms with Crippen LogP contribution >= 0.6 is 25.3 Å². The van der Waals surface area contributed by atoms with Crippen LogP contribution in [-0.2, 0) is 84.5 Å². The van der Waals surface area contributed by atoms with Gasteiger partial charge >= 0.3 is 11.9 Å². The Morgan fingerprint density at radius 1 is 0.833 bits per heavy atom. The summed E-state index contributed by atoms with van der Waals surface area (Å²) in [4.78, 5) is 48.2. The molecule has 0 spiro atoms. The second-order valence-electron chi connectivity index (χ2n) is 5.33. The molecule has 0 saturated carbocycles. The zero-order valence-electron chi connectivity index (χ0n) is 16.2. The Hall–Kier alpha value is 0.00779. The molecule has 2 amide bonds. The second kappa shape index (κ2) is 17.6. The average molecular weight is 604 g/mol. The first-order valence-corrected chi connectivity index (χ1v) is 9.49. The monoisotopic (exact) mass is 604 g/mol. The van der Waals surface area contributed by atoms with Crippen LogP contribution in [0.25, 0.3) is 0 Å². The van der Waals surface area contributed by atoms with Gasteiger partial charge in [0, 0.05) is 88.1 Å². The number of ether oxygens (including phenoxy) is 2. The summed E-state index contributed by atoms with van der Waals surface area (Å²) < 4.78 is 9.52. The molecule has 1 rings (SSSR count). The molecule has 0 saturated heterocycles. The molecule has 0 fully saturated rings. The van der Waals surface area contributed by atoms with Gasteiger partial charge in [-0.05, 0) is 31.4 Å². The molecule has 2 unspecified atom stereocenters. The van der Waals surface area contributed by atoms with E-state index in [2.05, 4.69) is 49.7 Å². The van der Waals surface area contributed by atoms with Crippen molar-refractivity contribution >= 4 is 49.0 Å². The molecular weight excluding hydrogens is 582 g/mol.